The van der Waals surface area contributed by atoms with E-state index in [1.54, 1.807) is 18.2 Å². The van der Waals surface area contributed by atoms with Crippen molar-refractivity contribution in [2.24, 2.45) is 0 Å². The second kappa shape index (κ2) is 4.41. The molecule has 0 spiro atoms. The fraction of sp³-hybridized carbons (Fsp3) is 0.222. The standard InChI is InChI=1S/C9H11NO4S/c1-10(2)15(12,13)14-9(11)8-6-4-3-5-7-8/h3-7H,1-2H3. The third-order valence-electron chi connectivity index (χ3n) is 1.64. The molecule has 0 fully saturated rings. The van der Waals surface area contributed by atoms with E-state index in [0.717, 1.165) is 4.31 Å². The Morgan fingerprint density at radius 2 is 1.73 bits per heavy atom. The first-order valence-corrected chi connectivity index (χ1v) is 5.51. The number of carbonyl (C=O) groups excluding carboxylic acids is 1. The van der Waals surface area contributed by atoms with Gasteiger partial charge in [0.05, 0.1) is 5.56 Å². The van der Waals surface area contributed by atoms with Crippen LogP contribution in [0.2, 0.25) is 0 Å². The molecule has 0 heterocycles. The summed E-state index contributed by atoms with van der Waals surface area (Å²) in [6.07, 6.45) is 0. The van der Waals surface area contributed by atoms with Crippen LogP contribution >= 0.6 is 0 Å². The van der Waals surface area contributed by atoms with E-state index in [-0.39, 0.29) is 5.56 Å². The summed E-state index contributed by atoms with van der Waals surface area (Å²) in [5.74, 6) is -0.885. The molecule has 0 aliphatic heterocycles. The Labute approximate surface area is 88.5 Å². The molecule has 1 rings (SSSR count). The Balaban J connectivity index is 2.82. The molecule has 0 N–H and O–H groups in total. The van der Waals surface area contributed by atoms with Gasteiger partial charge < -0.3 is 4.18 Å². The predicted molar refractivity (Wildman–Crippen MR) is 54.5 cm³/mol. The van der Waals surface area contributed by atoms with E-state index in [4.69, 9.17) is 0 Å². The summed E-state index contributed by atoms with van der Waals surface area (Å²) in [6, 6.07) is 7.93. The molecule has 0 atom stereocenters. The molecule has 5 nitrogen and oxygen atoms in total. The van der Waals surface area contributed by atoms with Crippen molar-refractivity contribution >= 4 is 16.3 Å². The molecular formula is C9H11NO4S. The van der Waals surface area contributed by atoms with E-state index in [0.29, 0.717) is 0 Å². The van der Waals surface area contributed by atoms with Gasteiger partial charge >= 0.3 is 16.3 Å². The summed E-state index contributed by atoms with van der Waals surface area (Å²) in [5, 5.41) is 0. The molecule has 0 unspecified atom stereocenters. The molecule has 15 heavy (non-hydrogen) atoms. The molecule has 0 radical (unpaired) electrons. The normalized spacial score (nSPS) is 11.4. The highest BCUT2D eigenvalue weighted by atomic mass is 32.2. The summed E-state index contributed by atoms with van der Waals surface area (Å²) >= 11 is 0. The maximum atomic E-state index is 11.3. The molecule has 0 aliphatic carbocycles. The average molecular weight is 229 g/mol. The summed E-state index contributed by atoms with van der Waals surface area (Å²) in [4.78, 5) is 11.3. The lowest BCUT2D eigenvalue weighted by Gasteiger charge is -2.10. The number of carbonyl (C=O) groups is 1. The van der Waals surface area contributed by atoms with Gasteiger partial charge in [-0.15, -0.1) is 0 Å². The number of nitrogens with zero attached hydrogens (tertiary/aromatic N) is 1. The van der Waals surface area contributed by atoms with Crippen molar-refractivity contribution < 1.29 is 17.4 Å². The second-order valence-corrected chi connectivity index (χ2v) is 4.73. The molecule has 1 aromatic rings. The minimum Gasteiger partial charge on any atom is -0.329 e. The molecule has 6 heteroatoms. The Morgan fingerprint density at radius 3 is 2.20 bits per heavy atom. The first-order valence-electron chi connectivity index (χ1n) is 4.15. The maximum absolute atomic E-state index is 11.3. The van der Waals surface area contributed by atoms with Crippen LogP contribution in [-0.4, -0.2) is 32.8 Å². The third kappa shape index (κ3) is 3.03. The van der Waals surface area contributed by atoms with Crippen LogP contribution in [0, 0.1) is 0 Å². The molecule has 0 saturated carbocycles. The van der Waals surface area contributed by atoms with Crippen LogP contribution in [0.3, 0.4) is 0 Å². The minimum absolute atomic E-state index is 0.197. The van der Waals surface area contributed by atoms with E-state index in [9.17, 15) is 13.2 Å². The van der Waals surface area contributed by atoms with Gasteiger partial charge in [0, 0.05) is 14.1 Å². The third-order valence-corrected chi connectivity index (χ3v) is 2.89. The van der Waals surface area contributed by atoms with Crippen molar-refractivity contribution in [2.75, 3.05) is 14.1 Å². The zero-order valence-electron chi connectivity index (χ0n) is 8.38. The van der Waals surface area contributed by atoms with E-state index >= 15 is 0 Å². The zero-order chi connectivity index (χ0) is 11.5. The van der Waals surface area contributed by atoms with Crippen LogP contribution in [0.5, 0.6) is 0 Å². The van der Waals surface area contributed by atoms with Crippen LogP contribution in [0.15, 0.2) is 30.3 Å². The van der Waals surface area contributed by atoms with E-state index in [2.05, 4.69) is 4.18 Å². The molecule has 0 amide bonds. The van der Waals surface area contributed by atoms with Crippen LogP contribution in [0.4, 0.5) is 0 Å². The van der Waals surface area contributed by atoms with E-state index in [1.807, 2.05) is 0 Å². The van der Waals surface area contributed by atoms with Gasteiger partial charge in [-0.25, -0.2) is 4.79 Å². The van der Waals surface area contributed by atoms with Crippen molar-refractivity contribution in [3.8, 4) is 0 Å². The highest BCUT2D eigenvalue weighted by Crippen LogP contribution is 2.05. The van der Waals surface area contributed by atoms with Crippen molar-refractivity contribution in [3.63, 3.8) is 0 Å². The monoisotopic (exact) mass is 229 g/mol. The van der Waals surface area contributed by atoms with Gasteiger partial charge in [0.25, 0.3) is 0 Å². The van der Waals surface area contributed by atoms with Crippen LogP contribution < -0.4 is 0 Å². The smallest absolute Gasteiger partial charge is 0.329 e. The number of hydrogen-bond donors (Lipinski definition) is 0. The maximum Gasteiger partial charge on any atom is 0.387 e. The molecule has 82 valence electrons. The number of hydrogen-bond acceptors (Lipinski definition) is 4. The molecule has 0 aliphatic rings. The highest BCUT2D eigenvalue weighted by Gasteiger charge is 2.20. The molecule has 0 bridgehead atoms. The second-order valence-electron chi connectivity index (χ2n) is 2.98. The fourth-order valence-corrected chi connectivity index (χ4v) is 1.23. The lowest BCUT2D eigenvalue weighted by Crippen LogP contribution is -2.27. The Hall–Kier alpha value is -1.40. The topological polar surface area (TPSA) is 63.7 Å². The Morgan fingerprint density at radius 1 is 1.20 bits per heavy atom. The van der Waals surface area contributed by atoms with Gasteiger partial charge in [-0.05, 0) is 12.1 Å². The Kier molecular flexibility index (Phi) is 3.43. The summed E-state index contributed by atoms with van der Waals surface area (Å²) < 4.78 is 27.6. The molecular weight excluding hydrogens is 218 g/mol. The van der Waals surface area contributed by atoms with E-state index in [1.165, 1.54) is 26.2 Å². The first kappa shape index (κ1) is 11.7. The van der Waals surface area contributed by atoms with Crippen LogP contribution in [-0.2, 0) is 14.5 Å². The van der Waals surface area contributed by atoms with Crippen LogP contribution in [0.25, 0.3) is 0 Å². The first-order chi connectivity index (χ1) is 6.93. The quantitative estimate of drug-likeness (QED) is 0.763. The van der Waals surface area contributed by atoms with Crippen molar-refractivity contribution in [1.29, 1.82) is 0 Å². The SMILES string of the molecule is CN(C)S(=O)(=O)OC(=O)c1ccccc1. The lowest BCUT2D eigenvalue weighted by molar-refractivity contribution is 0.0735. The fourth-order valence-electron chi connectivity index (χ4n) is 0.793. The Bertz CT molecular complexity index is 438. The van der Waals surface area contributed by atoms with E-state index < -0.39 is 16.3 Å². The molecule has 0 saturated heterocycles. The van der Waals surface area contributed by atoms with Gasteiger partial charge in [0.15, 0.2) is 0 Å². The van der Waals surface area contributed by atoms with Gasteiger partial charge in [-0.2, -0.15) is 12.7 Å². The summed E-state index contributed by atoms with van der Waals surface area (Å²) in [7, 11) is -1.39. The molecule has 0 aromatic heterocycles. The highest BCUT2D eigenvalue weighted by molar-refractivity contribution is 7.84. The summed E-state index contributed by atoms with van der Waals surface area (Å²) in [5.41, 5.74) is 0.197. The average Bonchev–Trinajstić information content (AvgIpc) is 2.18. The number of benzene rings is 1. The zero-order valence-corrected chi connectivity index (χ0v) is 9.19. The van der Waals surface area contributed by atoms with Crippen molar-refractivity contribution in [3.05, 3.63) is 35.9 Å². The molecule has 1 aromatic carbocycles. The van der Waals surface area contributed by atoms with Crippen molar-refractivity contribution in [2.45, 2.75) is 0 Å². The summed E-state index contributed by atoms with van der Waals surface area (Å²) in [6.45, 7) is 0. The number of rotatable bonds is 3. The van der Waals surface area contributed by atoms with Gasteiger partial charge in [-0.3, -0.25) is 0 Å². The van der Waals surface area contributed by atoms with Gasteiger partial charge in [0.1, 0.15) is 0 Å². The van der Waals surface area contributed by atoms with Gasteiger partial charge in [-0.1, -0.05) is 18.2 Å². The predicted octanol–water partition coefficient (Wildman–Crippen LogP) is 0.650. The largest absolute Gasteiger partial charge is 0.387 e. The van der Waals surface area contributed by atoms with Gasteiger partial charge in [0.2, 0.25) is 0 Å². The minimum atomic E-state index is -3.96. The van der Waals surface area contributed by atoms with Crippen molar-refractivity contribution in [1.82, 2.24) is 4.31 Å². The lowest BCUT2D eigenvalue weighted by atomic mass is 10.2. The van der Waals surface area contributed by atoms with Crippen LogP contribution in [0.1, 0.15) is 10.4 Å².